The Kier molecular flexibility index (Phi) is 6.08. The minimum Gasteiger partial charge on any atom is -0.481 e. The van der Waals surface area contributed by atoms with E-state index in [-0.39, 0.29) is 17.7 Å². The second-order valence-corrected chi connectivity index (χ2v) is 7.53. The summed E-state index contributed by atoms with van der Waals surface area (Å²) in [4.78, 5) is 25.5. The fraction of sp³-hybridized carbons (Fsp3) is 0.600. The van der Waals surface area contributed by atoms with Crippen LogP contribution in [0.2, 0.25) is 0 Å². The van der Waals surface area contributed by atoms with Crippen LogP contribution in [0.15, 0.2) is 30.3 Å². The highest BCUT2D eigenvalue weighted by Crippen LogP contribution is 2.33. The Morgan fingerprint density at radius 3 is 2.60 bits per heavy atom. The molecule has 136 valence electrons. The van der Waals surface area contributed by atoms with Crippen molar-refractivity contribution >= 4 is 11.9 Å². The molecule has 0 radical (unpaired) electrons. The van der Waals surface area contributed by atoms with Crippen molar-refractivity contribution in [1.29, 1.82) is 0 Å². The number of nitrogens with zero attached hydrogens (tertiary/aromatic N) is 1. The van der Waals surface area contributed by atoms with Crippen molar-refractivity contribution in [3.8, 4) is 0 Å². The van der Waals surface area contributed by atoms with Crippen molar-refractivity contribution in [3.63, 3.8) is 0 Å². The quantitative estimate of drug-likeness (QED) is 0.832. The van der Waals surface area contributed by atoms with Crippen LogP contribution in [0.25, 0.3) is 0 Å². The summed E-state index contributed by atoms with van der Waals surface area (Å²) in [6.45, 7) is 3.80. The number of hydrogen-bond donors (Lipinski definition) is 2. The maximum atomic E-state index is 12.2. The van der Waals surface area contributed by atoms with Gasteiger partial charge >= 0.3 is 5.97 Å². The van der Waals surface area contributed by atoms with Crippen LogP contribution in [0, 0.1) is 17.8 Å². The number of benzene rings is 1. The zero-order valence-electron chi connectivity index (χ0n) is 14.7. The van der Waals surface area contributed by atoms with E-state index in [2.05, 4.69) is 34.5 Å². The lowest BCUT2D eigenvalue weighted by Crippen LogP contribution is -2.43. The number of rotatable bonds is 6. The average Bonchev–Trinajstić information content (AvgIpc) is 2.77. The summed E-state index contributed by atoms with van der Waals surface area (Å²) in [5.41, 5.74) is 1.33. The Bertz CT molecular complexity index is 584. The molecule has 1 aliphatic heterocycles. The van der Waals surface area contributed by atoms with Gasteiger partial charge in [-0.25, -0.2) is 0 Å². The lowest BCUT2D eigenvalue weighted by Gasteiger charge is -2.31. The van der Waals surface area contributed by atoms with Gasteiger partial charge in [-0.2, -0.15) is 0 Å². The molecule has 1 heterocycles. The van der Waals surface area contributed by atoms with E-state index >= 15 is 0 Å². The molecule has 0 bridgehead atoms. The zero-order chi connectivity index (χ0) is 17.6. The molecule has 2 aliphatic rings. The highest BCUT2D eigenvalue weighted by Gasteiger charge is 2.38. The van der Waals surface area contributed by atoms with Gasteiger partial charge in [-0.05, 0) is 43.7 Å². The molecule has 3 rings (SSSR count). The molecule has 1 aromatic carbocycles. The molecular formula is C20H28N2O3. The number of carboxylic acid groups (broad SMARTS) is 1. The molecule has 0 aromatic heterocycles. The smallest absolute Gasteiger partial charge is 0.306 e. The third-order valence-corrected chi connectivity index (χ3v) is 5.53. The van der Waals surface area contributed by atoms with Crippen LogP contribution in [0.1, 0.15) is 37.7 Å². The third-order valence-electron chi connectivity index (χ3n) is 5.53. The van der Waals surface area contributed by atoms with Crippen LogP contribution < -0.4 is 5.32 Å². The molecule has 5 nitrogen and oxygen atoms in total. The van der Waals surface area contributed by atoms with E-state index in [1.165, 1.54) is 18.4 Å². The Labute approximate surface area is 149 Å². The normalized spacial score (nSPS) is 27.1. The van der Waals surface area contributed by atoms with Gasteiger partial charge in [-0.1, -0.05) is 36.8 Å². The molecule has 1 unspecified atom stereocenters. The van der Waals surface area contributed by atoms with Crippen LogP contribution in [-0.4, -0.2) is 41.5 Å². The maximum Gasteiger partial charge on any atom is 0.306 e. The molecule has 1 aliphatic carbocycles. The van der Waals surface area contributed by atoms with Gasteiger partial charge in [-0.15, -0.1) is 0 Å². The van der Waals surface area contributed by atoms with Crippen molar-refractivity contribution in [1.82, 2.24) is 10.2 Å². The van der Waals surface area contributed by atoms with Crippen molar-refractivity contribution in [3.05, 3.63) is 35.9 Å². The summed E-state index contributed by atoms with van der Waals surface area (Å²) >= 11 is 0. The SMILES string of the molecule is O=C(O)C1CC(C(=O)NCC2CCCCN(Cc3ccccc3)C2)C1. The molecule has 0 spiro atoms. The van der Waals surface area contributed by atoms with E-state index < -0.39 is 5.97 Å². The predicted molar refractivity (Wildman–Crippen MR) is 95.9 cm³/mol. The first-order chi connectivity index (χ1) is 12.1. The Balaban J connectivity index is 1.44. The monoisotopic (exact) mass is 344 g/mol. The zero-order valence-corrected chi connectivity index (χ0v) is 14.7. The van der Waals surface area contributed by atoms with Crippen molar-refractivity contribution in [2.24, 2.45) is 17.8 Å². The van der Waals surface area contributed by atoms with Gasteiger partial charge in [0, 0.05) is 25.6 Å². The van der Waals surface area contributed by atoms with Crippen molar-refractivity contribution < 1.29 is 14.7 Å². The van der Waals surface area contributed by atoms with E-state index in [4.69, 9.17) is 5.11 Å². The summed E-state index contributed by atoms with van der Waals surface area (Å²) in [6, 6.07) is 10.5. The van der Waals surface area contributed by atoms with Crippen LogP contribution in [-0.2, 0) is 16.1 Å². The predicted octanol–water partition coefficient (Wildman–Crippen LogP) is 2.52. The van der Waals surface area contributed by atoms with E-state index in [1.807, 2.05) is 6.07 Å². The fourth-order valence-corrected chi connectivity index (χ4v) is 3.89. The first-order valence-electron chi connectivity index (χ1n) is 9.38. The molecule has 5 heteroatoms. The van der Waals surface area contributed by atoms with Gasteiger partial charge in [0.05, 0.1) is 5.92 Å². The van der Waals surface area contributed by atoms with E-state index in [1.54, 1.807) is 0 Å². The molecule has 2 fully saturated rings. The van der Waals surface area contributed by atoms with E-state index in [9.17, 15) is 9.59 Å². The number of amides is 1. The van der Waals surface area contributed by atoms with Gasteiger partial charge in [0.2, 0.25) is 5.91 Å². The summed E-state index contributed by atoms with van der Waals surface area (Å²) < 4.78 is 0. The van der Waals surface area contributed by atoms with Gasteiger partial charge in [0.15, 0.2) is 0 Å². The number of likely N-dealkylation sites (tertiary alicyclic amines) is 1. The number of aliphatic carboxylic acids is 1. The third kappa shape index (κ3) is 5.05. The average molecular weight is 344 g/mol. The maximum absolute atomic E-state index is 12.2. The second-order valence-electron chi connectivity index (χ2n) is 7.53. The van der Waals surface area contributed by atoms with Crippen LogP contribution in [0.4, 0.5) is 0 Å². The van der Waals surface area contributed by atoms with E-state index in [0.29, 0.717) is 25.3 Å². The number of hydrogen-bond acceptors (Lipinski definition) is 3. The first kappa shape index (κ1) is 17.9. The summed E-state index contributed by atoms with van der Waals surface area (Å²) in [5, 5.41) is 12.0. The van der Waals surface area contributed by atoms with Crippen molar-refractivity contribution in [2.45, 2.75) is 38.6 Å². The lowest BCUT2D eigenvalue weighted by molar-refractivity contribution is -0.148. The molecular weight excluding hydrogens is 316 g/mol. The molecule has 1 amide bonds. The molecule has 2 N–H and O–H groups in total. The number of carbonyl (C=O) groups is 2. The second kappa shape index (κ2) is 8.48. The van der Waals surface area contributed by atoms with Crippen LogP contribution in [0.5, 0.6) is 0 Å². The van der Waals surface area contributed by atoms with Crippen molar-refractivity contribution in [2.75, 3.05) is 19.6 Å². The van der Waals surface area contributed by atoms with Crippen LogP contribution >= 0.6 is 0 Å². The molecule has 1 atom stereocenters. The molecule has 25 heavy (non-hydrogen) atoms. The van der Waals surface area contributed by atoms with Gasteiger partial charge in [0.25, 0.3) is 0 Å². The lowest BCUT2D eigenvalue weighted by atomic mass is 9.74. The van der Waals surface area contributed by atoms with E-state index in [0.717, 1.165) is 26.1 Å². The summed E-state index contributed by atoms with van der Waals surface area (Å²) in [7, 11) is 0. The Morgan fingerprint density at radius 1 is 1.12 bits per heavy atom. The minimum absolute atomic E-state index is 0.0383. The van der Waals surface area contributed by atoms with Crippen LogP contribution in [0.3, 0.4) is 0 Å². The fourth-order valence-electron chi connectivity index (χ4n) is 3.89. The molecule has 1 aromatic rings. The Morgan fingerprint density at radius 2 is 1.88 bits per heavy atom. The number of carboxylic acids is 1. The highest BCUT2D eigenvalue weighted by molar-refractivity contribution is 5.82. The Hall–Kier alpha value is -1.88. The highest BCUT2D eigenvalue weighted by atomic mass is 16.4. The first-order valence-corrected chi connectivity index (χ1v) is 9.38. The van der Waals surface area contributed by atoms with Gasteiger partial charge < -0.3 is 10.4 Å². The number of carbonyl (C=O) groups excluding carboxylic acids is 1. The molecule has 1 saturated carbocycles. The molecule has 1 saturated heterocycles. The van der Waals surface area contributed by atoms with Gasteiger partial charge in [0.1, 0.15) is 0 Å². The summed E-state index contributed by atoms with van der Waals surface area (Å²) in [6.07, 6.45) is 4.54. The van der Waals surface area contributed by atoms with Gasteiger partial charge in [-0.3, -0.25) is 14.5 Å². The largest absolute Gasteiger partial charge is 0.481 e. The standard InChI is InChI=1S/C20H28N2O3/c23-19(17-10-18(11-17)20(24)25)21-12-16-8-4-5-9-22(14-16)13-15-6-2-1-3-7-15/h1-3,6-7,16-18H,4-5,8-14H2,(H,21,23)(H,24,25). The summed E-state index contributed by atoms with van der Waals surface area (Å²) in [5.74, 6) is -0.687. The number of nitrogens with one attached hydrogen (secondary N) is 1. The topological polar surface area (TPSA) is 69.6 Å². The minimum atomic E-state index is -0.774.